The quantitative estimate of drug-likeness (QED) is 0.843. The minimum atomic E-state index is -0.0867. The van der Waals surface area contributed by atoms with Crippen LogP contribution in [0, 0.1) is 11.8 Å². The predicted molar refractivity (Wildman–Crippen MR) is 79.3 cm³/mol. The van der Waals surface area contributed by atoms with Crippen LogP contribution in [-0.2, 0) is 5.54 Å². The molecule has 0 saturated heterocycles. The van der Waals surface area contributed by atoms with Crippen LogP contribution in [0.15, 0.2) is 15.2 Å². The Morgan fingerprint density at radius 3 is 2.88 bits per heavy atom. The van der Waals surface area contributed by atoms with Crippen molar-refractivity contribution < 1.29 is 0 Å². The van der Waals surface area contributed by atoms with E-state index in [1.165, 1.54) is 29.3 Å². The summed E-state index contributed by atoms with van der Waals surface area (Å²) < 4.78 is 1.20. The maximum Gasteiger partial charge on any atom is 0.0431 e. The Morgan fingerprint density at radius 2 is 2.29 bits per heavy atom. The van der Waals surface area contributed by atoms with Crippen LogP contribution in [0.2, 0.25) is 0 Å². The van der Waals surface area contributed by atoms with Crippen molar-refractivity contribution in [3.05, 3.63) is 20.8 Å². The van der Waals surface area contributed by atoms with E-state index in [1.54, 1.807) is 11.3 Å². The van der Waals surface area contributed by atoms with Crippen LogP contribution in [0.5, 0.6) is 0 Å². The molecule has 2 N–H and O–H groups in total. The number of nitrogens with two attached hydrogens (primary N) is 1. The molecule has 2 rings (SSSR count). The molecule has 0 aliphatic heterocycles. The minimum Gasteiger partial charge on any atom is -0.321 e. The lowest BCUT2D eigenvalue weighted by Crippen LogP contribution is -2.41. The average Bonchev–Trinajstić information content (AvgIpc) is 2.64. The third-order valence-electron chi connectivity index (χ3n) is 3.84. The van der Waals surface area contributed by atoms with Gasteiger partial charge in [-0.25, -0.2) is 0 Å². The Hall–Kier alpha value is 0.140. The van der Waals surface area contributed by atoms with Gasteiger partial charge in [-0.1, -0.05) is 26.7 Å². The van der Waals surface area contributed by atoms with Gasteiger partial charge in [-0.05, 0) is 58.0 Å². The monoisotopic (exact) mass is 315 g/mol. The first-order valence-corrected chi connectivity index (χ1v) is 8.26. The third-order valence-corrected chi connectivity index (χ3v) is 5.55. The standard InChI is InChI=1S/C14H22BrNS/c1-10(2)6-11-4-3-5-14(16,7-11)12-8-17-9-13(12)15/h8-11H,3-7,16H2,1-2H3. The van der Waals surface area contributed by atoms with Gasteiger partial charge in [-0.15, -0.1) is 0 Å². The molecule has 1 nitrogen and oxygen atoms in total. The highest BCUT2D eigenvalue weighted by Crippen LogP contribution is 2.43. The second kappa shape index (κ2) is 5.41. The fourth-order valence-corrected chi connectivity index (χ4v) is 4.97. The van der Waals surface area contributed by atoms with Gasteiger partial charge in [0.15, 0.2) is 0 Å². The van der Waals surface area contributed by atoms with E-state index in [9.17, 15) is 0 Å². The molecule has 96 valence electrons. The molecule has 1 heterocycles. The van der Waals surface area contributed by atoms with Gasteiger partial charge in [0, 0.05) is 15.4 Å². The van der Waals surface area contributed by atoms with Crippen molar-refractivity contribution in [1.29, 1.82) is 0 Å². The third kappa shape index (κ3) is 3.12. The molecule has 3 heteroatoms. The number of rotatable bonds is 3. The highest BCUT2D eigenvalue weighted by Gasteiger charge is 2.36. The molecule has 17 heavy (non-hydrogen) atoms. The molecule has 0 spiro atoms. The summed E-state index contributed by atoms with van der Waals surface area (Å²) in [6.45, 7) is 4.63. The van der Waals surface area contributed by atoms with Gasteiger partial charge in [-0.3, -0.25) is 0 Å². The summed E-state index contributed by atoms with van der Waals surface area (Å²) in [5.74, 6) is 1.59. The maximum absolute atomic E-state index is 6.67. The molecule has 0 bridgehead atoms. The van der Waals surface area contributed by atoms with Crippen molar-refractivity contribution in [3.8, 4) is 0 Å². The molecule has 0 aromatic carbocycles. The van der Waals surface area contributed by atoms with Crippen LogP contribution in [-0.4, -0.2) is 0 Å². The Bertz CT molecular complexity index is 374. The van der Waals surface area contributed by atoms with Crippen LogP contribution in [0.4, 0.5) is 0 Å². The van der Waals surface area contributed by atoms with E-state index in [1.807, 2.05) is 0 Å². The van der Waals surface area contributed by atoms with Gasteiger partial charge in [0.25, 0.3) is 0 Å². The molecule has 2 unspecified atom stereocenters. The molecule has 0 amide bonds. The molecule has 1 saturated carbocycles. The van der Waals surface area contributed by atoms with Gasteiger partial charge in [0.05, 0.1) is 0 Å². The lowest BCUT2D eigenvalue weighted by Gasteiger charge is -2.38. The summed E-state index contributed by atoms with van der Waals surface area (Å²) in [6.07, 6.45) is 6.24. The summed E-state index contributed by atoms with van der Waals surface area (Å²) in [4.78, 5) is 0. The number of thiophene rings is 1. The second-order valence-electron chi connectivity index (χ2n) is 5.88. The van der Waals surface area contributed by atoms with Crippen molar-refractivity contribution in [1.82, 2.24) is 0 Å². The van der Waals surface area contributed by atoms with Crippen LogP contribution >= 0.6 is 27.3 Å². The van der Waals surface area contributed by atoms with Gasteiger partial charge >= 0.3 is 0 Å². The predicted octanol–water partition coefficient (Wildman–Crippen LogP) is 4.90. The van der Waals surface area contributed by atoms with E-state index in [0.717, 1.165) is 24.7 Å². The van der Waals surface area contributed by atoms with E-state index in [0.29, 0.717) is 0 Å². The molecular formula is C14H22BrNS. The van der Waals surface area contributed by atoms with Crippen molar-refractivity contribution in [2.75, 3.05) is 0 Å². The van der Waals surface area contributed by atoms with E-state index < -0.39 is 0 Å². The first-order chi connectivity index (χ1) is 8.01. The average molecular weight is 316 g/mol. The molecule has 2 atom stereocenters. The molecule has 1 aliphatic carbocycles. The number of hydrogen-bond donors (Lipinski definition) is 1. The van der Waals surface area contributed by atoms with E-state index in [2.05, 4.69) is 40.5 Å². The molecule has 1 aromatic heterocycles. The fraction of sp³-hybridized carbons (Fsp3) is 0.714. The summed E-state index contributed by atoms with van der Waals surface area (Å²) in [5.41, 5.74) is 7.91. The maximum atomic E-state index is 6.67. The van der Waals surface area contributed by atoms with Gasteiger partial charge < -0.3 is 5.73 Å². The topological polar surface area (TPSA) is 26.0 Å². The summed E-state index contributed by atoms with van der Waals surface area (Å²) in [5, 5.41) is 4.37. The van der Waals surface area contributed by atoms with Gasteiger partial charge in [-0.2, -0.15) is 11.3 Å². The molecule has 1 fully saturated rings. The Balaban J connectivity index is 2.12. The Kier molecular flexibility index (Phi) is 4.32. The van der Waals surface area contributed by atoms with Gasteiger partial charge in [0.1, 0.15) is 0 Å². The highest BCUT2D eigenvalue weighted by atomic mass is 79.9. The molecular weight excluding hydrogens is 294 g/mol. The van der Waals surface area contributed by atoms with E-state index >= 15 is 0 Å². The normalized spacial score (nSPS) is 29.8. The van der Waals surface area contributed by atoms with Crippen LogP contribution in [0.1, 0.15) is 51.5 Å². The molecule has 1 aromatic rings. The van der Waals surface area contributed by atoms with Gasteiger partial charge in [0.2, 0.25) is 0 Å². The zero-order chi connectivity index (χ0) is 12.5. The largest absolute Gasteiger partial charge is 0.321 e. The Labute approximate surface area is 117 Å². The lowest BCUT2D eigenvalue weighted by atomic mass is 9.71. The van der Waals surface area contributed by atoms with Crippen molar-refractivity contribution >= 4 is 27.3 Å². The van der Waals surface area contributed by atoms with Crippen molar-refractivity contribution in [3.63, 3.8) is 0 Å². The zero-order valence-corrected chi connectivity index (χ0v) is 13.1. The summed E-state index contributed by atoms with van der Waals surface area (Å²) >= 11 is 5.38. The van der Waals surface area contributed by atoms with Crippen LogP contribution in [0.25, 0.3) is 0 Å². The first kappa shape index (κ1) is 13.6. The SMILES string of the molecule is CC(C)CC1CCCC(N)(c2cscc2Br)C1. The number of hydrogen-bond acceptors (Lipinski definition) is 2. The van der Waals surface area contributed by atoms with E-state index in [4.69, 9.17) is 5.73 Å². The fourth-order valence-electron chi connectivity index (χ4n) is 3.17. The summed E-state index contributed by atoms with van der Waals surface area (Å²) in [6, 6.07) is 0. The van der Waals surface area contributed by atoms with E-state index in [-0.39, 0.29) is 5.54 Å². The zero-order valence-electron chi connectivity index (χ0n) is 10.7. The minimum absolute atomic E-state index is 0.0867. The molecule has 0 radical (unpaired) electrons. The van der Waals surface area contributed by atoms with Crippen molar-refractivity contribution in [2.24, 2.45) is 17.6 Å². The lowest BCUT2D eigenvalue weighted by molar-refractivity contribution is 0.202. The van der Waals surface area contributed by atoms with Crippen LogP contribution in [0.3, 0.4) is 0 Å². The molecule has 1 aliphatic rings. The van der Waals surface area contributed by atoms with Crippen LogP contribution < -0.4 is 5.73 Å². The number of halogens is 1. The highest BCUT2D eigenvalue weighted by molar-refractivity contribution is 9.10. The smallest absolute Gasteiger partial charge is 0.0431 e. The second-order valence-corrected chi connectivity index (χ2v) is 7.48. The first-order valence-electron chi connectivity index (χ1n) is 6.52. The summed E-state index contributed by atoms with van der Waals surface area (Å²) in [7, 11) is 0. The Morgan fingerprint density at radius 1 is 1.53 bits per heavy atom. The van der Waals surface area contributed by atoms with Crippen molar-refractivity contribution in [2.45, 2.75) is 51.5 Å².